The lowest BCUT2D eigenvalue weighted by Crippen LogP contribution is -2.29. The van der Waals surface area contributed by atoms with Gasteiger partial charge in [-0.1, -0.05) is 30.3 Å². The molecule has 1 aliphatic rings. The summed E-state index contributed by atoms with van der Waals surface area (Å²) in [6.45, 7) is 2.04. The van der Waals surface area contributed by atoms with E-state index in [0.29, 0.717) is 18.4 Å². The van der Waals surface area contributed by atoms with Gasteiger partial charge in [0.25, 0.3) is 5.91 Å². The molecule has 2 N–H and O–H groups in total. The average molecular weight is 337 g/mol. The SMILES string of the molecule is NC[C@@H]1CN(C(=O)c2ccc3ncsc3c2)C[C@H]1c1ccccc1. The molecular formula is C19H19N3OS. The van der Waals surface area contributed by atoms with E-state index in [9.17, 15) is 4.79 Å². The first-order valence-electron chi connectivity index (χ1n) is 8.14. The highest BCUT2D eigenvalue weighted by atomic mass is 32.1. The van der Waals surface area contributed by atoms with Gasteiger partial charge in [-0.05, 0) is 36.2 Å². The fourth-order valence-electron chi connectivity index (χ4n) is 3.52. The molecule has 1 aliphatic heterocycles. The number of carbonyl (C=O) groups excluding carboxylic acids is 1. The highest BCUT2D eigenvalue weighted by molar-refractivity contribution is 7.16. The molecule has 0 aliphatic carbocycles. The Morgan fingerprint density at radius 2 is 2.04 bits per heavy atom. The normalized spacial score (nSPS) is 20.6. The van der Waals surface area contributed by atoms with Crippen molar-refractivity contribution in [2.24, 2.45) is 11.7 Å². The minimum atomic E-state index is 0.0854. The summed E-state index contributed by atoms with van der Waals surface area (Å²) in [6, 6.07) is 16.1. The quantitative estimate of drug-likeness (QED) is 0.799. The van der Waals surface area contributed by atoms with E-state index < -0.39 is 0 Å². The number of benzene rings is 2. The minimum absolute atomic E-state index is 0.0854. The van der Waals surface area contributed by atoms with Gasteiger partial charge in [0, 0.05) is 24.6 Å². The van der Waals surface area contributed by atoms with Crippen LogP contribution in [0.25, 0.3) is 10.2 Å². The maximum atomic E-state index is 12.9. The molecule has 1 aromatic heterocycles. The molecule has 2 heterocycles. The maximum absolute atomic E-state index is 12.9. The summed E-state index contributed by atoms with van der Waals surface area (Å²) in [5.74, 6) is 0.706. The van der Waals surface area contributed by atoms with Gasteiger partial charge in [-0.25, -0.2) is 4.98 Å². The molecule has 5 heteroatoms. The van der Waals surface area contributed by atoms with Crippen molar-refractivity contribution in [3.63, 3.8) is 0 Å². The molecule has 4 rings (SSSR count). The summed E-state index contributed by atoms with van der Waals surface area (Å²) >= 11 is 1.56. The number of amides is 1. The van der Waals surface area contributed by atoms with Crippen LogP contribution in [0, 0.1) is 5.92 Å². The first kappa shape index (κ1) is 15.3. The van der Waals surface area contributed by atoms with E-state index in [1.54, 1.807) is 11.3 Å². The summed E-state index contributed by atoms with van der Waals surface area (Å²) < 4.78 is 1.05. The fraction of sp³-hybridized carbons (Fsp3) is 0.263. The molecule has 2 aromatic carbocycles. The smallest absolute Gasteiger partial charge is 0.253 e. The molecule has 3 aromatic rings. The zero-order chi connectivity index (χ0) is 16.5. The Labute approximate surface area is 144 Å². The Morgan fingerprint density at radius 1 is 1.21 bits per heavy atom. The second-order valence-corrected chi connectivity index (χ2v) is 7.14. The van der Waals surface area contributed by atoms with E-state index in [0.717, 1.165) is 28.9 Å². The Kier molecular flexibility index (Phi) is 4.04. The van der Waals surface area contributed by atoms with Crippen molar-refractivity contribution in [1.29, 1.82) is 0 Å². The molecular weight excluding hydrogens is 318 g/mol. The van der Waals surface area contributed by atoms with Crippen LogP contribution in [0.15, 0.2) is 54.0 Å². The van der Waals surface area contributed by atoms with Gasteiger partial charge in [-0.2, -0.15) is 0 Å². The van der Waals surface area contributed by atoms with E-state index >= 15 is 0 Å². The summed E-state index contributed by atoms with van der Waals surface area (Å²) in [4.78, 5) is 19.1. The predicted molar refractivity (Wildman–Crippen MR) is 97.3 cm³/mol. The second-order valence-electron chi connectivity index (χ2n) is 6.26. The van der Waals surface area contributed by atoms with E-state index in [2.05, 4.69) is 17.1 Å². The van der Waals surface area contributed by atoms with Gasteiger partial charge < -0.3 is 10.6 Å². The number of aromatic nitrogens is 1. The van der Waals surface area contributed by atoms with Crippen LogP contribution in [-0.2, 0) is 0 Å². The molecule has 4 nitrogen and oxygen atoms in total. The van der Waals surface area contributed by atoms with Crippen LogP contribution in [0.2, 0.25) is 0 Å². The molecule has 1 amide bonds. The Bertz CT molecular complexity index is 861. The lowest BCUT2D eigenvalue weighted by Gasteiger charge is -2.17. The van der Waals surface area contributed by atoms with Gasteiger partial charge in [-0.15, -0.1) is 11.3 Å². The van der Waals surface area contributed by atoms with Crippen LogP contribution in [0.1, 0.15) is 21.8 Å². The number of thiazole rings is 1. The maximum Gasteiger partial charge on any atom is 0.253 e. The third kappa shape index (κ3) is 2.70. The topological polar surface area (TPSA) is 59.2 Å². The largest absolute Gasteiger partial charge is 0.338 e. The first-order chi connectivity index (χ1) is 11.8. The number of hydrogen-bond donors (Lipinski definition) is 1. The van der Waals surface area contributed by atoms with E-state index in [-0.39, 0.29) is 5.91 Å². The molecule has 0 bridgehead atoms. The van der Waals surface area contributed by atoms with Crippen molar-refractivity contribution in [3.8, 4) is 0 Å². The lowest BCUT2D eigenvalue weighted by atomic mass is 9.89. The highest BCUT2D eigenvalue weighted by Crippen LogP contribution is 2.33. The summed E-state index contributed by atoms with van der Waals surface area (Å²) in [5.41, 5.74) is 10.7. The summed E-state index contributed by atoms with van der Waals surface area (Å²) in [6.07, 6.45) is 0. The summed E-state index contributed by atoms with van der Waals surface area (Å²) in [7, 11) is 0. The predicted octanol–water partition coefficient (Wildman–Crippen LogP) is 3.11. The van der Waals surface area contributed by atoms with Crippen LogP contribution in [0.4, 0.5) is 0 Å². The monoisotopic (exact) mass is 337 g/mol. The molecule has 1 saturated heterocycles. The molecule has 2 atom stereocenters. The molecule has 0 unspecified atom stereocenters. The van der Waals surface area contributed by atoms with Crippen molar-refractivity contribution < 1.29 is 4.79 Å². The van der Waals surface area contributed by atoms with Crippen molar-refractivity contribution in [3.05, 3.63) is 65.2 Å². The van der Waals surface area contributed by atoms with E-state index in [1.165, 1.54) is 5.56 Å². The molecule has 122 valence electrons. The van der Waals surface area contributed by atoms with Gasteiger partial charge in [0.15, 0.2) is 0 Å². The van der Waals surface area contributed by atoms with Crippen molar-refractivity contribution in [2.45, 2.75) is 5.92 Å². The number of carbonyl (C=O) groups is 1. The van der Waals surface area contributed by atoms with Crippen LogP contribution < -0.4 is 5.73 Å². The van der Waals surface area contributed by atoms with Crippen LogP contribution in [-0.4, -0.2) is 35.4 Å². The van der Waals surface area contributed by atoms with Crippen LogP contribution in [0.5, 0.6) is 0 Å². The van der Waals surface area contributed by atoms with Gasteiger partial charge >= 0.3 is 0 Å². The molecule has 1 fully saturated rings. The van der Waals surface area contributed by atoms with E-state index in [4.69, 9.17) is 5.73 Å². The number of likely N-dealkylation sites (tertiary alicyclic amines) is 1. The lowest BCUT2D eigenvalue weighted by molar-refractivity contribution is 0.0786. The van der Waals surface area contributed by atoms with Gasteiger partial charge in [0.1, 0.15) is 0 Å². The van der Waals surface area contributed by atoms with Crippen molar-refractivity contribution >= 4 is 27.5 Å². The number of hydrogen-bond acceptors (Lipinski definition) is 4. The first-order valence-corrected chi connectivity index (χ1v) is 9.02. The van der Waals surface area contributed by atoms with Crippen LogP contribution in [0.3, 0.4) is 0 Å². The van der Waals surface area contributed by atoms with Crippen molar-refractivity contribution in [2.75, 3.05) is 19.6 Å². The molecule has 0 saturated carbocycles. The van der Waals surface area contributed by atoms with E-state index in [1.807, 2.05) is 46.8 Å². The number of fused-ring (bicyclic) bond motifs is 1. The number of nitrogens with two attached hydrogens (primary N) is 1. The number of rotatable bonds is 3. The molecule has 0 spiro atoms. The third-order valence-corrected chi connectivity index (χ3v) is 5.63. The standard InChI is InChI=1S/C19H19N3OS/c20-9-15-10-22(11-16(15)13-4-2-1-3-5-13)19(23)14-6-7-17-18(8-14)24-12-21-17/h1-8,12,15-16H,9-11,20H2/t15-,16+/m1/s1. The third-order valence-electron chi connectivity index (χ3n) is 4.84. The fourth-order valence-corrected chi connectivity index (χ4v) is 4.24. The van der Waals surface area contributed by atoms with Crippen molar-refractivity contribution in [1.82, 2.24) is 9.88 Å². The van der Waals surface area contributed by atoms with Gasteiger partial charge in [-0.3, -0.25) is 4.79 Å². The average Bonchev–Trinajstić information content (AvgIpc) is 3.27. The van der Waals surface area contributed by atoms with Gasteiger partial charge in [0.05, 0.1) is 15.7 Å². The Balaban J connectivity index is 1.59. The zero-order valence-corrected chi connectivity index (χ0v) is 14.1. The molecule has 24 heavy (non-hydrogen) atoms. The number of nitrogens with zero attached hydrogens (tertiary/aromatic N) is 2. The Hall–Kier alpha value is -2.24. The van der Waals surface area contributed by atoms with Crippen LogP contribution >= 0.6 is 11.3 Å². The van der Waals surface area contributed by atoms with Gasteiger partial charge in [0.2, 0.25) is 0 Å². The minimum Gasteiger partial charge on any atom is -0.338 e. The highest BCUT2D eigenvalue weighted by Gasteiger charge is 2.35. The second kappa shape index (κ2) is 6.34. The zero-order valence-electron chi connectivity index (χ0n) is 13.3. The summed E-state index contributed by atoms with van der Waals surface area (Å²) in [5, 5.41) is 0. The molecule has 0 radical (unpaired) electrons. The Morgan fingerprint density at radius 3 is 2.83 bits per heavy atom.